The number of carbonyl (C=O) groups is 2. The lowest BCUT2D eigenvalue weighted by atomic mass is 10.0. The minimum Gasteiger partial charge on any atom is -0.390 e. The Kier molecular flexibility index (Phi) is 11.3. The maximum Gasteiger partial charge on any atom is 0.235 e. The van der Waals surface area contributed by atoms with Crippen molar-refractivity contribution in [2.24, 2.45) is 0 Å². The van der Waals surface area contributed by atoms with E-state index in [0.29, 0.717) is 17.9 Å². The highest BCUT2D eigenvalue weighted by Crippen LogP contribution is 2.13. The number of aliphatic hydroxyl groups is 1. The third-order valence-corrected chi connectivity index (χ3v) is 6.57. The van der Waals surface area contributed by atoms with Gasteiger partial charge in [0, 0.05) is 25.2 Å². The Bertz CT molecular complexity index is 1200. The van der Waals surface area contributed by atoms with Crippen LogP contribution in [-0.2, 0) is 29.0 Å². The molecule has 3 aromatic rings. The molecule has 3 rings (SSSR count). The molecular formula is C27H32F2N4O4S. The average Bonchev–Trinajstić information content (AvgIpc) is 3.27. The van der Waals surface area contributed by atoms with Crippen LogP contribution in [0.4, 0.5) is 14.6 Å². The fourth-order valence-corrected chi connectivity index (χ4v) is 4.45. The van der Waals surface area contributed by atoms with Crippen molar-refractivity contribution >= 4 is 29.4 Å². The topological polar surface area (TPSA) is 116 Å². The van der Waals surface area contributed by atoms with E-state index in [4.69, 9.17) is 4.52 Å². The van der Waals surface area contributed by atoms with Gasteiger partial charge in [0.05, 0.1) is 23.7 Å². The number of nitrogens with zero attached hydrogens (tertiary/aromatic N) is 1. The lowest BCUT2D eigenvalue weighted by molar-refractivity contribution is -0.120. The van der Waals surface area contributed by atoms with Crippen LogP contribution in [0.25, 0.3) is 0 Å². The van der Waals surface area contributed by atoms with Crippen molar-refractivity contribution in [1.29, 1.82) is 0 Å². The van der Waals surface area contributed by atoms with Crippen LogP contribution >= 0.6 is 11.8 Å². The Balaban J connectivity index is 1.54. The molecule has 0 unspecified atom stereocenters. The fourth-order valence-electron chi connectivity index (χ4n) is 3.82. The SMILES string of the molecule is CCc1cccc(CNC[C@@H](O)[C@H](Cc2cc(F)cc(F)c2)NC(=O)CSCC(=O)Nc2cc(C)on2)c1. The van der Waals surface area contributed by atoms with E-state index in [-0.39, 0.29) is 36.2 Å². The van der Waals surface area contributed by atoms with Crippen LogP contribution in [0.5, 0.6) is 0 Å². The molecule has 0 aliphatic carbocycles. The molecule has 0 saturated carbocycles. The first-order valence-corrected chi connectivity index (χ1v) is 13.4. The van der Waals surface area contributed by atoms with Crippen molar-refractivity contribution in [1.82, 2.24) is 15.8 Å². The van der Waals surface area contributed by atoms with Crippen LogP contribution in [-0.4, -0.2) is 52.3 Å². The van der Waals surface area contributed by atoms with E-state index in [1.54, 1.807) is 13.0 Å². The number of aromatic nitrogens is 1. The van der Waals surface area contributed by atoms with E-state index in [1.807, 2.05) is 18.2 Å². The van der Waals surface area contributed by atoms with Gasteiger partial charge in [0.15, 0.2) is 5.82 Å². The van der Waals surface area contributed by atoms with Gasteiger partial charge in [-0.2, -0.15) is 0 Å². The van der Waals surface area contributed by atoms with Crippen molar-refractivity contribution in [2.45, 2.75) is 45.4 Å². The first-order valence-electron chi connectivity index (χ1n) is 12.2. The monoisotopic (exact) mass is 546 g/mol. The number of benzene rings is 2. The molecule has 1 aromatic heterocycles. The highest BCUT2D eigenvalue weighted by molar-refractivity contribution is 8.00. The molecule has 0 aliphatic rings. The molecule has 2 atom stereocenters. The summed E-state index contributed by atoms with van der Waals surface area (Å²) < 4.78 is 32.4. The van der Waals surface area contributed by atoms with E-state index in [0.717, 1.165) is 29.8 Å². The van der Waals surface area contributed by atoms with E-state index in [9.17, 15) is 23.5 Å². The van der Waals surface area contributed by atoms with Crippen LogP contribution in [0, 0.1) is 18.6 Å². The van der Waals surface area contributed by atoms with Gasteiger partial charge < -0.3 is 25.6 Å². The van der Waals surface area contributed by atoms with Gasteiger partial charge in [-0.25, -0.2) is 8.78 Å². The molecule has 0 aliphatic heterocycles. The van der Waals surface area contributed by atoms with Crippen molar-refractivity contribution in [3.8, 4) is 0 Å². The number of aliphatic hydroxyl groups excluding tert-OH is 1. The lowest BCUT2D eigenvalue weighted by Gasteiger charge is -2.25. The number of hydrogen-bond donors (Lipinski definition) is 4. The molecule has 0 bridgehead atoms. The van der Waals surface area contributed by atoms with Crippen LogP contribution < -0.4 is 16.0 Å². The van der Waals surface area contributed by atoms with E-state index < -0.39 is 29.7 Å². The van der Waals surface area contributed by atoms with Gasteiger partial charge in [0.1, 0.15) is 17.4 Å². The third kappa shape index (κ3) is 9.88. The number of thioether (sulfide) groups is 1. The second kappa shape index (κ2) is 14.6. The van der Waals surface area contributed by atoms with Gasteiger partial charge in [-0.15, -0.1) is 11.8 Å². The minimum atomic E-state index is -1.04. The summed E-state index contributed by atoms with van der Waals surface area (Å²) in [4.78, 5) is 24.7. The maximum absolute atomic E-state index is 13.7. The molecule has 8 nitrogen and oxygen atoms in total. The highest BCUT2D eigenvalue weighted by Gasteiger charge is 2.22. The standard InChI is InChI=1S/C27H32F2N4O4S/c1-3-18-5-4-6-19(8-18)13-30-14-24(34)23(11-20-9-21(28)12-22(29)10-20)31-26(35)15-38-16-27(36)32-25-7-17(2)37-33-25/h4-10,12,23-24,30,34H,3,11,13-16H2,1-2H3,(H,31,35)(H,32,33,36)/t23-,24+/m0/s1. The van der Waals surface area contributed by atoms with Gasteiger partial charge in [-0.1, -0.05) is 36.3 Å². The second-order valence-electron chi connectivity index (χ2n) is 8.89. The first-order chi connectivity index (χ1) is 18.2. The molecular weight excluding hydrogens is 514 g/mol. The minimum absolute atomic E-state index is 0.0000347. The molecule has 0 fully saturated rings. The predicted molar refractivity (Wildman–Crippen MR) is 143 cm³/mol. The summed E-state index contributed by atoms with van der Waals surface area (Å²) in [7, 11) is 0. The van der Waals surface area contributed by atoms with Crippen LogP contribution in [0.2, 0.25) is 0 Å². The van der Waals surface area contributed by atoms with Crippen molar-refractivity contribution in [2.75, 3.05) is 23.4 Å². The number of anilines is 1. The number of aryl methyl sites for hydroxylation is 2. The smallest absolute Gasteiger partial charge is 0.235 e. The van der Waals surface area contributed by atoms with E-state index >= 15 is 0 Å². The van der Waals surface area contributed by atoms with E-state index in [2.05, 4.69) is 34.1 Å². The fraction of sp³-hybridized carbons (Fsp3) is 0.370. The molecule has 38 heavy (non-hydrogen) atoms. The Morgan fingerprint density at radius 1 is 1.03 bits per heavy atom. The summed E-state index contributed by atoms with van der Waals surface area (Å²) in [5.74, 6) is -1.45. The molecule has 204 valence electrons. The zero-order valence-corrected chi connectivity index (χ0v) is 22.1. The number of hydrogen-bond acceptors (Lipinski definition) is 7. The number of rotatable bonds is 14. The quantitative estimate of drug-likeness (QED) is 0.245. The van der Waals surface area contributed by atoms with Gasteiger partial charge in [0.2, 0.25) is 11.8 Å². The summed E-state index contributed by atoms with van der Waals surface area (Å²) in [6.45, 7) is 4.42. The lowest BCUT2D eigenvalue weighted by Crippen LogP contribution is -2.49. The summed E-state index contributed by atoms with van der Waals surface area (Å²) >= 11 is 1.08. The van der Waals surface area contributed by atoms with Crippen molar-refractivity contribution < 1.29 is 28.0 Å². The molecule has 0 spiro atoms. The first kappa shape index (κ1) is 29.3. The summed E-state index contributed by atoms with van der Waals surface area (Å²) in [5, 5.41) is 23.0. The molecule has 2 aromatic carbocycles. The Morgan fingerprint density at radius 2 is 1.74 bits per heavy atom. The van der Waals surface area contributed by atoms with Crippen molar-refractivity contribution in [3.63, 3.8) is 0 Å². The summed E-state index contributed by atoms with van der Waals surface area (Å²) in [6.07, 6.45) is -0.108. The second-order valence-corrected chi connectivity index (χ2v) is 9.88. The molecule has 4 N–H and O–H groups in total. The number of amides is 2. The summed E-state index contributed by atoms with van der Waals surface area (Å²) in [6, 6.07) is 11.9. The zero-order valence-electron chi connectivity index (χ0n) is 21.3. The van der Waals surface area contributed by atoms with Crippen molar-refractivity contribution in [3.05, 3.63) is 82.6 Å². The van der Waals surface area contributed by atoms with Crippen LogP contribution in [0.15, 0.2) is 53.1 Å². The number of halogens is 2. The Hall–Kier alpha value is -3.28. The number of carbonyl (C=O) groups excluding carboxylic acids is 2. The Morgan fingerprint density at radius 3 is 2.42 bits per heavy atom. The predicted octanol–water partition coefficient (Wildman–Crippen LogP) is 3.37. The molecule has 11 heteroatoms. The van der Waals surface area contributed by atoms with Crippen LogP contribution in [0.1, 0.15) is 29.4 Å². The normalized spacial score (nSPS) is 12.7. The van der Waals surface area contributed by atoms with E-state index in [1.165, 1.54) is 17.7 Å². The molecule has 1 heterocycles. The van der Waals surface area contributed by atoms with Crippen LogP contribution in [0.3, 0.4) is 0 Å². The largest absolute Gasteiger partial charge is 0.390 e. The average molecular weight is 547 g/mol. The van der Waals surface area contributed by atoms with Gasteiger partial charge in [-0.05, 0) is 48.6 Å². The maximum atomic E-state index is 13.7. The highest BCUT2D eigenvalue weighted by atomic mass is 32.2. The van der Waals surface area contributed by atoms with Gasteiger partial charge in [0.25, 0.3) is 0 Å². The van der Waals surface area contributed by atoms with Gasteiger partial charge in [-0.3, -0.25) is 9.59 Å². The Labute approximate surface area is 224 Å². The molecule has 0 radical (unpaired) electrons. The third-order valence-electron chi connectivity index (χ3n) is 5.63. The molecule has 0 saturated heterocycles. The van der Waals surface area contributed by atoms with Gasteiger partial charge >= 0.3 is 0 Å². The zero-order chi connectivity index (χ0) is 27.5. The summed E-state index contributed by atoms with van der Waals surface area (Å²) in [5.41, 5.74) is 2.56. The number of nitrogens with one attached hydrogen (secondary N) is 3. The molecule has 2 amide bonds.